The molecular formula is C11H14O4. The molecule has 4 nitrogen and oxygen atoms in total. The Bertz CT molecular complexity index is 369. The van der Waals surface area contributed by atoms with Gasteiger partial charge in [0, 0.05) is 12.0 Å². The molecule has 0 aromatic rings. The van der Waals surface area contributed by atoms with Crippen LogP contribution in [0, 0.1) is 0 Å². The summed E-state index contributed by atoms with van der Waals surface area (Å²) in [6, 6.07) is 0. The summed E-state index contributed by atoms with van der Waals surface area (Å²) in [6.07, 6.45) is 0.127. The number of carbonyl (C=O) groups is 1. The Balaban J connectivity index is 2.00. The number of fused-ring (bicyclic) bond motifs is 1. The van der Waals surface area contributed by atoms with Crippen LogP contribution < -0.4 is 0 Å². The van der Waals surface area contributed by atoms with E-state index in [-0.39, 0.29) is 18.0 Å². The number of hydrogen-bond acceptors (Lipinski definition) is 4. The van der Waals surface area contributed by atoms with Gasteiger partial charge in [-0.15, -0.1) is 0 Å². The predicted octanol–water partition coefficient (Wildman–Crippen LogP) is 0.540. The molecule has 2 aliphatic heterocycles. The summed E-state index contributed by atoms with van der Waals surface area (Å²) in [7, 11) is 0. The van der Waals surface area contributed by atoms with Gasteiger partial charge in [-0.1, -0.05) is 0 Å². The van der Waals surface area contributed by atoms with Gasteiger partial charge in [0.25, 0.3) is 0 Å². The lowest BCUT2D eigenvalue weighted by Gasteiger charge is -2.36. The number of carbonyl (C=O) groups excluding carboxylic acids is 1. The fourth-order valence-electron chi connectivity index (χ4n) is 2.43. The van der Waals surface area contributed by atoms with Crippen LogP contribution in [-0.2, 0) is 14.3 Å². The molecule has 3 rings (SSSR count). The highest BCUT2D eigenvalue weighted by atomic mass is 16.6. The van der Waals surface area contributed by atoms with Crippen LogP contribution >= 0.6 is 0 Å². The Hall–Kier alpha value is -0.870. The van der Waals surface area contributed by atoms with Crippen LogP contribution in [0.3, 0.4) is 0 Å². The predicted molar refractivity (Wildman–Crippen MR) is 51.1 cm³/mol. The first-order chi connectivity index (χ1) is 6.98. The van der Waals surface area contributed by atoms with Gasteiger partial charge in [0.2, 0.25) is 0 Å². The van der Waals surface area contributed by atoms with Crippen molar-refractivity contribution in [2.45, 2.75) is 50.6 Å². The molecule has 0 spiro atoms. The lowest BCUT2D eigenvalue weighted by atomic mass is 9.85. The van der Waals surface area contributed by atoms with E-state index in [4.69, 9.17) is 9.47 Å². The van der Waals surface area contributed by atoms with Gasteiger partial charge in [0.05, 0.1) is 12.5 Å². The molecular weight excluding hydrogens is 196 g/mol. The standard InChI is InChI=1S/C11H14O4/c1-11(2)4-6(12)5-3-7-10(14-7)8(13)9(5)15-11/h7-8,10,13H,3-4H2,1-2H3. The second-order valence-corrected chi connectivity index (χ2v) is 5.09. The van der Waals surface area contributed by atoms with Gasteiger partial charge in [-0.05, 0) is 13.8 Å². The number of Topliss-reactive ketones (excluding diaryl/α,β-unsaturated/α-hetero) is 1. The zero-order chi connectivity index (χ0) is 10.8. The molecule has 15 heavy (non-hydrogen) atoms. The molecule has 1 fully saturated rings. The molecule has 4 heteroatoms. The van der Waals surface area contributed by atoms with E-state index in [9.17, 15) is 9.90 Å². The zero-order valence-electron chi connectivity index (χ0n) is 8.82. The highest BCUT2D eigenvalue weighted by Gasteiger charge is 2.54. The minimum Gasteiger partial charge on any atom is -0.488 e. The molecule has 1 saturated heterocycles. The van der Waals surface area contributed by atoms with Crippen LogP contribution in [0.5, 0.6) is 0 Å². The summed E-state index contributed by atoms with van der Waals surface area (Å²) < 4.78 is 11.0. The third kappa shape index (κ3) is 1.32. The maximum Gasteiger partial charge on any atom is 0.166 e. The van der Waals surface area contributed by atoms with Crippen LogP contribution in [0.4, 0.5) is 0 Å². The molecule has 0 aromatic carbocycles. The first kappa shape index (κ1) is 9.36. The van der Waals surface area contributed by atoms with E-state index in [2.05, 4.69) is 0 Å². The third-order valence-electron chi connectivity index (χ3n) is 3.21. The highest BCUT2D eigenvalue weighted by molar-refractivity contribution is 5.97. The largest absolute Gasteiger partial charge is 0.488 e. The van der Waals surface area contributed by atoms with Crippen LogP contribution in [0.15, 0.2) is 11.3 Å². The molecule has 0 radical (unpaired) electrons. The number of aliphatic hydroxyl groups excluding tert-OH is 1. The van der Waals surface area contributed by atoms with Gasteiger partial charge < -0.3 is 14.6 Å². The molecule has 0 saturated carbocycles. The van der Waals surface area contributed by atoms with E-state index in [0.717, 1.165) is 0 Å². The fourth-order valence-corrected chi connectivity index (χ4v) is 2.43. The lowest BCUT2D eigenvalue weighted by molar-refractivity contribution is -0.125. The van der Waals surface area contributed by atoms with Crippen molar-refractivity contribution >= 4 is 5.78 Å². The normalized spacial score (nSPS) is 41.8. The smallest absolute Gasteiger partial charge is 0.166 e. The Morgan fingerprint density at radius 2 is 2.20 bits per heavy atom. The van der Waals surface area contributed by atoms with Gasteiger partial charge >= 0.3 is 0 Å². The average molecular weight is 210 g/mol. The molecule has 1 N–H and O–H groups in total. The molecule has 1 aliphatic carbocycles. The second kappa shape index (κ2) is 2.62. The quantitative estimate of drug-likeness (QED) is 0.593. The van der Waals surface area contributed by atoms with E-state index in [1.807, 2.05) is 13.8 Å². The van der Waals surface area contributed by atoms with Crippen LogP contribution in [0.1, 0.15) is 26.7 Å². The third-order valence-corrected chi connectivity index (χ3v) is 3.21. The summed E-state index contributed by atoms with van der Waals surface area (Å²) in [5.74, 6) is 0.546. The number of ether oxygens (including phenoxy) is 2. The summed E-state index contributed by atoms with van der Waals surface area (Å²) in [4.78, 5) is 11.8. The Kier molecular flexibility index (Phi) is 1.64. The van der Waals surface area contributed by atoms with Crippen molar-refractivity contribution in [3.63, 3.8) is 0 Å². The number of epoxide rings is 1. The minimum atomic E-state index is -0.748. The molecule has 0 amide bonds. The van der Waals surface area contributed by atoms with Crippen molar-refractivity contribution in [3.05, 3.63) is 11.3 Å². The van der Waals surface area contributed by atoms with Crippen LogP contribution in [0.25, 0.3) is 0 Å². The van der Waals surface area contributed by atoms with Gasteiger partial charge in [-0.2, -0.15) is 0 Å². The van der Waals surface area contributed by atoms with Crippen molar-refractivity contribution in [2.75, 3.05) is 0 Å². The van der Waals surface area contributed by atoms with Gasteiger partial charge in [0.1, 0.15) is 23.6 Å². The molecule has 0 bridgehead atoms. The number of aliphatic hydroxyl groups is 1. The van der Waals surface area contributed by atoms with Crippen LogP contribution in [-0.4, -0.2) is 34.8 Å². The van der Waals surface area contributed by atoms with Crippen molar-refractivity contribution in [1.29, 1.82) is 0 Å². The number of rotatable bonds is 0. The van der Waals surface area contributed by atoms with Gasteiger partial charge in [-0.3, -0.25) is 4.79 Å². The van der Waals surface area contributed by atoms with Gasteiger partial charge in [-0.25, -0.2) is 0 Å². The molecule has 3 unspecified atom stereocenters. The van der Waals surface area contributed by atoms with Crippen molar-refractivity contribution < 1.29 is 19.4 Å². The van der Waals surface area contributed by atoms with Crippen molar-refractivity contribution in [2.24, 2.45) is 0 Å². The molecule has 3 aliphatic rings. The summed E-state index contributed by atoms with van der Waals surface area (Å²) in [5, 5.41) is 9.90. The first-order valence-electron chi connectivity index (χ1n) is 5.27. The van der Waals surface area contributed by atoms with Gasteiger partial charge in [0.15, 0.2) is 5.78 Å². The Labute approximate surface area is 87.9 Å². The average Bonchev–Trinajstić information content (AvgIpc) is 2.86. The van der Waals surface area contributed by atoms with E-state index in [1.54, 1.807) is 0 Å². The number of hydrogen-bond donors (Lipinski definition) is 1. The summed E-state index contributed by atoms with van der Waals surface area (Å²) in [5.41, 5.74) is 0.138. The summed E-state index contributed by atoms with van der Waals surface area (Å²) in [6.45, 7) is 3.72. The second-order valence-electron chi connectivity index (χ2n) is 5.09. The van der Waals surface area contributed by atoms with E-state index < -0.39 is 11.7 Å². The first-order valence-corrected chi connectivity index (χ1v) is 5.27. The maximum atomic E-state index is 11.8. The topological polar surface area (TPSA) is 59.1 Å². The Morgan fingerprint density at radius 1 is 1.47 bits per heavy atom. The minimum absolute atomic E-state index is 0.0347. The summed E-state index contributed by atoms with van der Waals surface area (Å²) >= 11 is 0. The number of ketones is 1. The van der Waals surface area contributed by atoms with E-state index in [0.29, 0.717) is 24.2 Å². The zero-order valence-corrected chi connectivity index (χ0v) is 8.82. The molecule has 2 heterocycles. The molecule has 0 aromatic heterocycles. The molecule has 82 valence electrons. The van der Waals surface area contributed by atoms with E-state index in [1.165, 1.54) is 0 Å². The Morgan fingerprint density at radius 3 is 2.93 bits per heavy atom. The maximum absolute atomic E-state index is 11.8. The van der Waals surface area contributed by atoms with Crippen LogP contribution in [0.2, 0.25) is 0 Å². The highest BCUT2D eigenvalue weighted by Crippen LogP contribution is 2.44. The van der Waals surface area contributed by atoms with Crippen molar-refractivity contribution in [1.82, 2.24) is 0 Å². The van der Waals surface area contributed by atoms with Crippen molar-refractivity contribution in [3.8, 4) is 0 Å². The monoisotopic (exact) mass is 210 g/mol. The SMILES string of the molecule is CC1(C)CC(=O)C2=C(O1)C(O)C1OC1C2. The lowest BCUT2D eigenvalue weighted by Crippen LogP contribution is -2.41. The molecule has 3 atom stereocenters. The fraction of sp³-hybridized carbons (Fsp3) is 0.727. The van der Waals surface area contributed by atoms with E-state index >= 15 is 0 Å².